The summed E-state index contributed by atoms with van der Waals surface area (Å²) < 4.78 is 17.9. The number of aromatic nitrogens is 3. The zero-order valence-electron chi connectivity index (χ0n) is 45.2. The third-order valence-corrected chi connectivity index (χ3v) is 15.8. The number of halogens is 1. The topological polar surface area (TPSA) is 207 Å². The minimum absolute atomic E-state index is 0.0123. The van der Waals surface area contributed by atoms with E-state index >= 15 is 0 Å². The predicted octanol–water partition coefficient (Wildman–Crippen LogP) is 6.81. The van der Waals surface area contributed by atoms with Gasteiger partial charge in [0.2, 0.25) is 17.7 Å². The van der Waals surface area contributed by atoms with Crippen molar-refractivity contribution in [2.75, 3.05) is 83.4 Å². The van der Waals surface area contributed by atoms with Gasteiger partial charge in [-0.25, -0.2) is 19.6 Å². The number of likely N-dealkylation sites (tertiary alicyclic amines) is 2. The Morgan fingerprint density at radius 1 is 0.720 bits per heavy atom. The third kappa shape index (κ3) is 15.5. The van der Waals surface area contributed by atoms with Crippen LogP contribution in [-0.4, -0.2) is 178 Å². The maximum atomic E-state index is 14.7. The number of nitrogens with zero attached hydrogens (tertiary/aromatic N) is 7. The van der Waals surface area contributed by atoms with Crippen molar-refractivity contribution in [1.29, 1.82) is 0 Å². The van der Waals surface area contributed by atoms with E-state index in [1.807, 2.05) is 67.1 Å². The van der Waals surface area contributed by atoms with Crippen LogP contribution in [0.25, 0.3) is 11.0 Å². The fourth-order valence-electron chi connectivity index (χ4n) is 11.4. The molecule has 5 amide bonds. The molecule has 2 atom stereocenters. The van der Waals surface area contributed by atoms with E-state index in [2.05, 4.69) is 45.6 Å². The highest BCUT2D eigenvalue weighted by Crippen LogP contribution is 2.33. The molecule has 3 aromatic rings. The molecule has 0 bridgehead atoms. The van der Waals surface area contributed by atoms with E-state index in [1.165, 1.54) is 6.33 Å². The largest absolute Gasteiger partial charge is 0.444 e. The van der Waals surface area contributed by atoms with Crippen molar-refractivity contribution in [3.63, 3.8) is 0 Å². The summed E-state index contributed by atoms with van der Waals surface area (Å²) in [6.45, 7) is 18.3. The summed E-state index contributed by atoms with van der Waals surface area (Å²) >= 11 is 6.34. The third-order valence-electron chi connectivity index (χ3n) is 15.6. The predicted molar refractivity (Wildman–Crippen MR) is 287 cm³/mol. The first-order valence-corrected chi connectivity index (χ1v) is 27.9. The number of amides is 5. The van der Waals surface area contributed by atoms with E-state index in [1.54, 1.807) is 20.8 Å². The second-order valence-corrected chi connectivity index (χ2v) is 23.8. The van der Waals surface area contributed by atoms with Crippen molar-refractivity contribution in [1.82, 2.24) is 50.5 Å². The maximum absolute atomic E-state index is 14.7. The molecular weight excluding hydrogens is 978 g/mol. The van der Waals surface area contributed by atoms with Crippen LogP contribution in [0.15, 0.2) is 42.9 Å². The number of ether oxygens (including phenoxy) is 3. The number of carbonyl (C=O) groups is 5. The van der Waals surface area contributed by atoms with Crippen molar-refractivity contribution in [2.45, 2.75) is 160 Å². The molecule has 1 saturated carbocycles. The molecule has 412 valence electrons. The van der Waals surface area contributed by atoms with Gasteiger partial charge in [0.05, 0.1) is 30.2 Å². The van der Waals surface area contributed by atoms with Crippen LogP contribution in [0.2, 0.25) is 5.02 Å². The Bertz CT molecular complexity index is 2390. The number of anilines is 1. The lowest BCUT2D eigenvalue weighted by Crippen LogP contribution is -2.64. The number of fused-ring (bicyclic) bond motifs is 1. The minimum Gasteiger partial charge on any atom is -0.444 e. The summed E-state index contributed by atoms with van der Waals surface area (Å²) in [5.74, 6) is 0.732. The molecule has 4 aliphatic heterocycles. The van der Waals surface area contributed by atoms with E-state index in [4.69, 9.17) is 25.8 Å². The molecule has 5 aliphatic rings. The molecule has 0 spiro atoms. The first-order valence-electron chi connectivity index (χ1n) is 27.6. The Kier molecular flexibility index (Phi) is 18.5. The number of benzene rings is 1. The normalized spacial score (nSPS) is 20.8. The lowest BCUT2D eigenvalue weighted by Gasteiger charge is -2.42. The Balaban J connectivity index is 0.784. The van der Waals surface area contributed by atoms with E-state index in [9.17, 15) is 24.0 Å². The average Bonchev–Trinajstić information content (AvgIpc) is 3.87. The van der Waals surface area contributed by atoms with E-state index in [0.717, 1.165) is 93.3 Å². The SMILES string of the molecule is CC(C)(C)OC(=O)N[C@@H](C(=O)N1CCC(OC2CCN(CC(=O)N3CCN(CC[C@H](NC(=O)C4(NC(=O)OC(C)(C)C)CCN(c5ncnc6[nH]ccc56)CC4)c4ccc(Cl)cc4)CC3)CC2)CC1)C1CCCCC1. The van der Waals surface area contributed by atoms with Crippen LogP contribution in [-0.2, 0) is 28.6 Å². The second-order valence-electron chi connectivity index (χ2n) is 23.4. The quantitative estimate of drug-likeness (QED) is 0.124. The molecule has 20 heteroatoms. The molecule has 19 nitrogen and oxygen atoms in total. The molecular formula is C55H82ClN11O8. The fourth-order valence-corrected chi connectivity index (χ4v) is 11.6. The number of nitrogens with one attached hydrogen (secondary N) is 4. The average molecular weight is 1060 g/mol. The van der Waals surface area contributed by atoms with Gasteiger partial charge >= 0.3 is 12.2 Å². The number of rotatable bonds is 15. The van der Waals surface area contributed by atoms with Crippen LogP contribution in [0.4, 0.5) is 15.4 Å². The number of alkyl carbamates (subject to hydrolysis) is 2. The lowest BCUT2D eigenvalue weighted by molar-refractivity contribution is -0.140. The summed E-state index contributed by atoms with van der Waals surface area (Å²) in [6, 6.07) is 8.50. The Labute approximate surface area is 447 Å². The highest BCUT2D eigenvalue weighted by atomic mass is 35.5. The highest BCUT2D eigenvalue weighted by Gasteiger charge is 2.45. The first kappa shape index (κ1) is 56.0. The van der Waals surface area contributed by atoms with Crippen LogP contribution in [0, 0.1) is 5.92 Å². The molecule has 0 radical (unpaired) electrons. The standard InChI is InChI=1S/C55H82ClN11O8/c1-53(2,3)74-51(71)61-46(39-10-8-7-9-11-39)49(69)67-28-19-42(20-29-67)73-41-17-25-64(26-18-41)36-45(68)65-34-32-63(33-35-65)27-21-44(38-12-14-40(56)15-13-38)60-50(70)55(62-52(72)75-54(4,5)6)22-30-66(31-23-55)48-43-16-24-57-47(43)58-37-59-48/h12-16,24,37,39,41-42,44,46H,7-11,17-23,25-36H2,1-6H3,(H,60,70)(H,61,71)(H,62,72)(H,57,58,59)/t44-,46+/m0/s1. The second kappa shape index (κ2) is 24.8. The molecule has 5 fully saturated rings. The number of aromatic amines is 1. The van der Waals surface area contributed by atoms with Crippen molar-refractivity contribution >= 4 is 58.4 Å². The zero-order chi connectivity index (χ0) is 53.3. The number of H-pyrrole nitrogens is 1. The maximum Gasteiger partial charge on any atom is 0.408 e. The molecule has 6 heterocycles. The van der Waals surface area contributed by atoms with Gasteiger partial charge in [0.1, 0.15) is 40.6 Å². The van der Waals surface area contributed by atoms with Crippen LogP contribution in [0.5, 0.6) is 0 Å². The van der Waals surface area contributed by atoms with Crippen molar-refractivity contribution in [2.24, 2.45) is 5.92 Å². The van der Waals surface area contributed by atoms with Gasteiger partial charge in [0.25, 0.3) is 0 Å². The highest BCUT2D eigenvalue weighted by molar-refractivity contribution is 6.30. The van der Waals surface area contributed by atoms with Gasteiger partial charge in [0.15, 0.2) is 0 Å². The summed E-state index contributed by atoms with van der Waals surface area (Å²) in [4.78, 5) is 91.1. The summed E-state index contributed by atoms with van der Waals surface area (Å²) in [6.07, 6.45) is 12.0. The van der Waals surface area contributed by atoms with Crippen LogP contribution >= 0.6 is 11.6 Å². The van der Waals surface area contributed by atoms with Gasteiger partial charge in [-0.3, -0.25) is 24.2 Å². The summed E-state index contributed by atoms with van der Waals surface area (Å²) in [5.41, 5.74) is -1.00. The van der Waals surface area contributed by atoms with E-state index in [0.29, 0.717) is 89.7 Å². The van der Waals surface area contributed by atoms with Crippen molar-refractivity contribution in [3.8, 4) is 0 Å². The van der Waals surface area contributed by atoms with Gasteiger partial charge in [-0.2, -0.15) is 0 Å². The van der Waals surface area contributed by atoms with Gasteiger partial charge < -0.3 is 49.8 Å². The van der Waals surface area contributed by atoms with Gasteiger partial charge in [-0.05, 0) is 129 Å². The Morgan fingerprint density at radius 3 is 1.99 bits per heavy atom. The Hall–Kier alpha value is -5.24. The monoisotopic (exact) mass is 1060 g/mol. The number of carbonyl (C=O) groups excluding carboxylic acids is 5. The summed E-state index contributed by atoms with van der Waals surface area (Å²) in [5, 5.41) is 10.8. The smallest absolute Gasteiger partial charge is 0.408 e. The van der Waals surface area contributed by atoms with E-state index in [-0.39, 0.29) is 41.9 Å². The lowest BCUT2D eigenvalue weighted by atomic mass is 9.83. The molecule has 75 heavy (non-hydrogen) atoms. The molecule has 1 aliphatic carbocycles. The molecule has 1 aromatic carbocycles. The van der Waals surface area contributed by atoms with Crippen LogP contribution < -0.4 is 20.9 Å². The van der Waals surface area contributed by atoms with Gasteiger partial charge in [-0.1, -0.05) is 43.0 Å². The molecule has 8 rings (SSSR count). The Morgan fingerprint density at radius 2 is 1.35 bits per heavy atom. The fraction of sp³-hybridized carbons (Fsp3) is 0.691. The number of hydrogen-bond acceptors (Lipinski definition) is 13. The molecule has 4 saturated heterocycles. The minimum atomic E-state index is -1.24. The molecule has 0 unspecified atom stereocenters. The van der Waals surface area contributed by atoms with E-state index < -0.39 is 35.0 Å². The zero-order valence-corrected chi connectivity index (χ0v) is 45.9. The molecule has 4 N–H and O–H groups in total. The van der Waals surface area contributed by atoms with Gasteiger partial charge in [-0.15, -0.1) is 0 Å². The van der Waals surface area contributed by atoms with Crippen molar-refractivity contribution in [3.05, 3.63) is 53.4 Å². The number of hydrogen-bond donors (Lipinski definition) is 4. The van der Waals surface area contributed by atoms with Crippen LogP contribution in [0.3, 0.4) is 0 Å². The van der Waals surface area contributed by atoms with Gasteiger partial charge in [0, 0.05) is 83.2 Å². The molecule has 2 aromatic heterocycles. The number of piperidine rings is 3. The first-order chi connectivity index (χ1) is 35.8. The van der Waals surface area contributed by atoms with Crippen LogP contribution in [0.1, 0.15) is 130 Å². The van der Waals surface area contributed by atoms with Crippen molar-refractivity contribution < 1.29 is 38.2 Å². The number of piperazine rings is 1. The summed E-state index contributed by atoms with van der Waals surface area (Å²) in [7, 11) is 0.